The van der Waals surface area contributed by atoms with Crippen molar-refractivity contribution in [2.75, 3.05) is 58.9 Å². The van der Waals surface area contributed by atoms with E-state index in [1.807, 2.05) is 76.8 Å². The Balaban J connectivity index is 0.000000155. The molecule has 0 aliphatic carbocycles. The van der Waals surface area contributed by atoms with E-state index in [-0.39, 0.29) is 23.0 Å². The summed E-state index contributed by atoms with van der Waals surface area (Å²) in [5.41, 5.74) is 12.5. The van der Waals surface area contributed by atoms with Crippen LogP contribution in [0.1, 0.15) is 76.4 Å². The Bertz CT molecular complexity index is 3350. The van der Waals surface area contributed by atoms with Crippen molar-refractivity contribution in [3.05, 3.63) is 84.2 Å². The second-order valence-electron chi connectivity index (χ2n) is 19.7. The topological polar surface area (TPSA) is 192 Å². The van der Waals surface area contributed by atoms with Crippen LogP contribution in [0.2, 0.25) is 0 Å². The predicted octanol–water partition coefficient (Wildman–Crippen LogP) is 5.89. The maximum Gasteiger partial charge on any atom is 0.219 e. The standard InChI is InChI=1S/C25H28N8O2.C21H24N8.C6H15N.C2H3ClO/c1-15(34)31-7-8-33-22(14-31)24(27-25(33)19-12-32(13-19)16(2)35)17-5-6-21-20(9-17)23(28-30(21)4)18-10-26-29(3)11-18;1-27-12-15(10-24-27)19-16-7-13(3-4-17(16)28(2)26-19)20-18-11-22-5-6-29(18)21(25-20)14-8-23-9-14;1-4-7(5-2)6-3;1-2(3)4/h5-6,9-11,19H,7-8,12-14H2,1-4H3;3-4,7,10,12,14,22-23H,5-6,8-9,11H2,1-2H3;4-6H2,1-3H3;1H3. The Morgan fingerprint density at radius 2 is 1.12 bits per heavy atom. The van der Waals surface area contributed by atoms with Crippen molar-refractivity contribution in [3.8, 4) is 45.0 Å². The highest BCUT2D eigenvalue weighted by atomic mass is 35.5. The first-order valence-corrected chi connectivity index (χ1v) is 26.4. The number of amides is 2. The molecule has 0 atom stereocenters. The average molecular weight is 1040 g/mol. The summed E-state index contributed by atoms with van der Waals surface area (Å²) in [7, 11) is 7.77. The van der Waals surface area contributed by atoms with Gasteiger partial charge in [0.25, 0.3) is 0 Å². The predicted molar refractivity (Wildman–Crippen MR) is 292 cm³/mol. The van der Waals surface area contributed by atoms with Gasteiger partial charge in [-0.2, -0.15) is 20.4 Å². The molecule has 0 bridgehead atoms. The lowest BCUT2D eigenvalue weighted by atomic mass is 9.99. The minimum absolute atomic E-state index is 0.0675. The summed E-state index contributed by atoms with van der Waals surface area (Å²) >= 11 is 4.64. The van der Waals surface area contributed by atoms with Crippen LogP contribution in [-0.2, 0) is 68.8 Å². The monoisotopic (exact) mass is 1040 g/mol. The molecule has 4 aliphatic heterocycles. The minimum Gasteiger partial charge on any atom is -0.341 e. The fourth-order valence-corrected chi connectivity index (χ4v) is 10.5. The zero-order chi connectivity index (χ0) is 53.2. The van der Waals surface area contributed by atoms with Crippen molar-refractivity contribution in [2.24, 2.45) is 28.2 Å². The van der Waals surface area contributed by atoms with Gasteiger partial charge in [0.2, 0.25) is 17.1 Å². The fourth-order valence-electron chi connectivity index (χ4n) is 10.5. The van der Waals surface area contributed by atoms with Gasteiger partial charge in [-0.15, -0.1) is 0 Å². The van der Waals surface area contributed by atoms with E-state index in [2.05, 4.69) is 104 Å². The summed E-state index contributed by atoms with van der Waals surface area (Å²) < 4.78 is 12.1. The molecule has 0 saturated carbocycles. The van der Waals surface area contributed by atoms with Crippen LogP contribution < -0.4 is 10.6 Å². The Morgan fingerprint density at radius 3 is 1.56 bits per heavy atom. The van der Waals surface area contributed by atoms with Crippen LogP contribution in [0.3, 0.4) is 0 Å². The smallest absolute Gasteiger partial charge is 0.219 e. The molecule has 0 radical (unpaired) electrons. The van der Waals surface area contributed by atoms with Crippen molar-refractivity contribution in [1.82, 2.24) is 83.6 Å². The molecule has 20 nitrogen and oxygen atoms in total. The summed E-state index contributed by atoms with van der Waals surface area (Å²) in [6, 6.07) is 12.9. The van der Waals surface area contributed by atoms with Gasteiger partial charge in [0.15, 0.2) is 0 Å². The number of hydrogen-bond acceptors (Lipinski definition) is 12. The molecule has 4 aliphatic rings. The number of nitrogens with zero attached hydrogens (tertiary/aromatic N) is 15. The molecule has 10 heterocycles. The average Bonchev–Trinajstić information content (AvgIpc) is 4.25. The van der Waals surface area contributed by atoms with Crippen LogP contribution in [0, 0.1) is 0 Å². The quantitative estimate of drug-likeness (QED) is 0.163. The maximum absolute atomic E-state index is 12.2. The first kappa shape index (κ1) is 52.8. The summed E-state index contributed by atoms with van der Waals surface area (Å²) in [4.78, 5) is 49.5. The second kappa shape index (κ2) is 22.5. The van der Waals surface area contributed by atoms with E-state index in [0.717, 1.165) is 111 Å². The first-order chi connectivity index (χ1) is 36.1. The number of aromatic nitrogens is 12. The summed E-state index contributed by atoms with van der Waals surface area (Å²) in [5, 5.41) is 26.9. The van der Waals surface area contributed by atoms with Crippen molar-refractivity contribution < 1.29 is 14.4 Å². The van der Waals surface area contributed by atoms with Gasteiger partial charge in [-0.05, 0) is 55.5 Å². The molecule has 75 heavy (non-hydrogen) atoms. The van der Waals surface area contributed by atoms with Gasteiger partial charge in [0.05, 0.1) is 58.7 Å². The number of likely N-dealkylation sites (tertiary alicyclic amines) is 1. The van der Waals surface area contributed by atoms with Gasteiger partial charge in [0, 0.05) is 159 Å². The van der Waals surface area contributed by atoms with Crippen LogP contribution in [0.4, 0.5) is 0 Å². The minimum atomic E-state index is -0.361. The third kappa shape index (κ3) is 10.9. The lowest BCUT2D eigenvalue weighted by molar-refractivity contribution is -0.133. The van der Waals surface area contributed by atoms with Gasteiger partial charge >= 0.3 is 0 Å². The van der Waals surface area contributed by atoms with Crippen molar-refractivity contribution in [2.45, 2.75) is 79.6 Å². The van der Waals surface area contributed by atoms with Gasteiger partial charge in [0.1, 0.15) is 23.0 Å². The first-order valence-electron chi connectivity index (χ1n) is 26.0. The second-order valence-corrected chi connectivity index (χ2v) is 20.3. The normalized spacial score (nSPS) is 15.3. The van der Waals surface area contributed by atoms with Crippen LogP contribution in [-0.4, -0.2) is 149 Å². The van der Waals surface area contributed by atoms with Crippen LogP contribution in [0.15, 0.2) is 61.2 Å². The number of imidazole rings is 2. The number of aryl methyl sites for hydroxylation is 4. The number of carbonyl (C=O) groups is 3. The molecule has 0 unspecified atom stereocenters. The zero-order valence-corrected chi connectivity index (χ0v) is 45.7. The molecule has 2 amide bonds. The number of hydrogen-bond donors (Lipinski definition) is 2. The third-order valence-electron chi connectivity index (χ3n) is 14.8. The number of benzene rings is 2. The summed E-state index contributed by atoms with van der Waals surface area (Å²) in [6.07, 6.45) is 7.68. The van der Waals surface area contributed by atoms with Crippen molar-refractivity contribution in [3.63, 3.8) is 0 Å². The van der Waals surface area contributed by atoms with Crippen molar-refractivity contribution >= 4 is 50.5 Å². The molecule has 8 aromatic rings. The molecule has 2 N–H and O–H groups in total. The van der Waals surface area contributed by atoms with Gasteiger partial charge in [-0.1, -0.05) is 32.9 Å². The largest absolute Gasteiger partial charge is 0.341 e. The van der Waals surface area contributed by atoms with Crippen molar-refractivity contribution in [1.29, 1.82) is 0 Å². The number of nitrogens with one attached hydrogen (secondary N) is 2. The van der Waals surface area contributed by atoms with E-state index in [0.29, 0.717) is 38.6 Å². The Kier molecular flexibility index (Phi) is 15.8. The summed E-state index contributed by atoms with van der Waals surface area (Å²) in [6.45, 7) is 22.8. The number of carbonyl (C=O) groups excluding carboxylic acids is 3. The molecule has 12 rings (SSSR count). The maximum atomic E-state index is 12.2. The van der Waals surface area contributed by atoms with Crippen LogP contribution in [0.5, 0.6) is 0 Å². The van der Waals surface area contributed by atoms with E-state index in [9.17, 15) is 14.4 Å². The number of fused-ring (bicyclic) bond motifs is 4. The SMILES string of the molecule is CC(=O)Cl.CC(=O)N1CCn2c(C3CN(C(C)=O)C3)nc(-c3ccc4c(c3)c(-c3cnn(C)c3)nn4C)c2C1.CCN(CC)CC.Cn1cc(-c2nn(C)c3ccc(-c4nc(C5CNC5)n5c4CNCC5)cc23)cn1. The lowest BCUT2D eigenvalue weighted by Gasteiger charge is -2.39. The van der Waals surface area contributed by atoms with E-state index >= 15 is 0 Å². The molecule has 2 aromatic carbocycles. The molecular formula is C54H70ClN17O3. The molecule has 2 fully saturated rings. The molecule has 2 saturated heterocycles. The molecule has 21 heteroatoms. The highest BCUT2D eigenvalue weighted by Gasteiger charge is 2.37. The fraction of sp³-hybridized carbons (Fsp3) is 0.463. The van der Waals surface area contributed by atoms with E-state index in [1.165, 1.54) is 38.1 Å². The molecular weight excluding hydrogens is 970 g/mol. The van der Waals surface area contributed by atoms with Gasteiger partial charge < -0.3 is 34.5 Å². The number of rotatable bonds is 9. The van der Waals surface area contributed by atoms with Crippen LogP contribution in [0.25, 0.3) is 66.8 Å². The zero-order valence-electron chi connectivity index (χ0n) is 44.9. The van der Waals surface area contributed by atoms with Crippen LogP contribution >= 0.6 is 11.6 Å². The van der Waals surface area contributed by atoms with Gasteiger partial charge in [-0.25, -0.2) is 9.97 Å². The Labute approximate surface area is 442 Å². The summed E-state index contributed by atoms with van der Waals surface area (Å²) in [5.74, 6) is 3.14. The highest BCUT2D eigenvalue weighted by Crippen LogP contribution is 2.38. The third-order valence-corrected chi connectivity index (χ3v) is 14.8. The molecule has 396 valence electrons. The highest BCUT2D eigenvalue weighted by molar-refractivity contribution is 6.62. The molecule has 0 spiro atoms. The van der Waals surface area contributed by atoms with E-state index < -0.39 is 0 Å². The molecule has 6 aromatic heterocycles. The number of halogens is 1. The Morgan fingerprint density at radius 1 is 0.627 bits per heavy atom. The van der Waals surface area contributed by atoms with E-state index in [4.69, 9.17) is 20.2 Å². The van der Waals surface area contributed by atoms with Gasteiger partial charge in [-0.3, -0.25) is 33.1 Å². The lowest BCUT2D eigenvalue weighted by Crippen LogP contribution is -2.48. The van der Waals surface area contributed by atoms with E-state index in [1.54, 1.807) is 18.5 Å². The Hall–Kier alpha value is -7.00.